The Kier molecular flexibility index (Phi) is 3.82. The summed E-state index contributed by atoms with van der Waals surface area (Å²) in [7, 11) is 0. The largest absolute Gasteiger partial charge is 0.486 e. The van der Waals surface area contributed by atoms with Crippen LogP contribution in [0.4, 0.5) is 0 Å². The number of nitrogens with one attached hydrogen (secondary N) is 1. The zero-order chi connectivity index (χ0) is 14.8. The van der Waals surface area contributed by atoms with Crippen LogP contribution in [0.15, 0.2) is 36.4 Å². The van der Waals surface area contributed by atoms with Crippen molar-refractivity contribution in [2.24, 2.45) is 5.84 Å². The van der Waals surface area contributed by atoms with Gasteiger partial charge in [0, 0.05) is 0 Å². The predicted octanol–water partition coefficient (Wildman–Crippen LogP) is 2.63. The van der Waals surface area contributed by atoms with Gasteiger partial charge in [-0.2, -0.15) is 0 Å². The van der Waals surface area contributed by atoms with Crippen molar-refractivity contribution < 1.29 is 9.47 Å². The topological polar surface area (TPSA) is 56.5 Å². The van der Waals surface area contributed by atoms with E-state index in [1.807, 2.05) is 18.2 Å². The molecular formula is C17H20N2O2. The maximum absolute atomic E-state index is 5.79. The van der Waals surface area contributed by atoms with Crippen LogP contribution in [-0.2, 0) is 0 Å². The minimum Gasteiger partial charge on any atom is -0.486 e. The van der Waals surface area contributed by atoms with Gasteiger partial charge >= 0.3 is 0 Å². The van der Waals surface area contributed by atoms with E-state index in [1.54, 1.807) is 0 Å². The van der Waals surface area contributed by atoms with Crippen LogP contribution in [0.3, 0.4) is 0 Å². The van der Waals surface area contributed by atoms with E-state index in [9.17, 15) is 0 Å². The van der Waals surface area contributed by atoms with Crippen LogP contribution in [0.1, 0.15) is 28.3 Å². The molecule has 1 aliphatic rings. The Morgan fingerprint density at radius 1 is 0.905 bits per heavy atom. The molecule has 110 valence electrons. The lowest BCUT2D eigenvalue weighted by Gasteiger charge is -2.22. The molecule has 0 aromatic heterocycles. The summed E-state index contributed by atoms with van der Waals surface area (Å²) in [5.41, 5.74) is 7.56. The molecule has 1 aliphatic heterocycles. The molecule has 4 nitrogen and oxygen atoms in total. The summed E-state index contributed by atoms with van der Waals surface area (Å²) in [5, 5.41) is 0. The summed E-state index contributed by atoms with van der Waals surface area (Å²) in [5.74, 6) is 7.36. The zero-order valence-electron chi connectivity index (χ0n) is 12.3. The first-order valence-electron chi connectivity index (χ1n) is 7.11. The van der Waals surface area contributed by atoms with Gasteiger partial charge in [-0.05, 0) is 37.1 Å². The number of hydrazine groups is 1. The van der Waals surface area contributed by atoms with E-state index in [2.05, 4.69) is 37.5 Å². The highest BCUT2D eigenvalue weighted by atomic mass is 16.6. The Bertz CT molecular complexity index is 635. The van der Waals surface area contributed by atoms with E-state index < -0.39 is 0 Å². The second kappa shape index (κ2) is 5.76. The highest BCUT2D eigenvalue weighted by Crippen LogP contribution is 2.34. The first-order chi connectivity index (χ1) is 10.2. The van der Waals surface area contributed by atoms with Crippen molar-refractivity contribution in [3.63, 3.8) is 0 Å². The third-order valence-corrected chi connectivity index (χ3v) is 3.64. The predicted molar refractivity (Wildman–Crippen MR) is 82.5 cm³/mol. The fourth-order valence-electron chi connectivity index (χ4n) is 2.80. The number of benzene rings is 2. The normalized spacial score (nSPS) is 14.8. The van der Waals surface area contributed by atoms with E-state index in [1.165, 1.54) is 11.1 Å². The number of aryl methyl sites for hydroxylation is 2. The number of nitrogens with two attached hydrogens (primary N) is 1. The summed E-state index contributed by atoms with van der Waals surface area (Å²) < 4.78 is 11.2. The SMILES string of the molecule is Cc1cc(C)cc(C(NN)c2ccc3c(c2)OCCO3)c1. The van der Waals surface area contributed by atoms with Crippen molar-refractivity contribution >= 4 is 0 Å². The molecule has 4 heteroatoms. The third kappa shape index (κ3) is 2.86. The molecule has 0 radical (unpaired) electrons. The van der Waals surface area contributed by atoms with Crippen LogP contribution in [0.5, 0.6) is 11.5 Å². The maximum atomic E-state index is 5.79. The van der Waals surface area contributed by atoms with Crippen LogP contribution in [0, 0.1) is 13.8 Å². The first kappa shape index (κ1) is 13.9. The molecule has 0 spiro atoms. The monoisotopic (exact) mass is 284 g/mol. The molecule has 2 aromatic rings. The van der Waals surface area contributed by atoms with Crippen molar-refractivity contribution in [2.75, 3.05) is 13.2 Å². The van der Waals surface area contributed by atoms with E-state index >= 15 is 0 Å². The van der Waals surface area contributed by atoms with Gasteiger partial charge in [-0.3, -0.25) is 5.84 Å². The average molecular weight is 284 g/mol. The minimum atomic E-state index is -0.0700. The van der Waals surface area contributed by atoms with Gasteiger partial charge < -0.3 is 9.47 Å². The second-order valence-corrected chi connectivity index (χ2v) is 5.42. The fraction of sp³-hybridized carbons (Fsp3) is 0.294. The Morgan fingerprint density at radius 3 is 2.24 bits per heavy atom. The van der Waals surface area contributed by atoms with E-state index in [-0.39, 0.29) is 6.04 Å². The molecular weight excluding hydrogens is 264 g/mol. The quantitative estimate of drug-likeness (QED) is 0.672. The van der Waals surface area contributed by atoms with Gasteiger partial charge in [0.15, 0.2) is 11.5 Å². The summed E-state index contributed by atoms with van der Waals surface area (Å²) in [6.45, 7) is 5.37. The van der Waals surface area contributed by atoms with Crippen molar-refractivity contribution in [2.45, 2.75) is 19.9 Å². The molecule has 3 rings (SSSR count). The Balaban J connectivity index is 1.99. The molecule has 1 atom stereocenters. The molecule has 0 bridgehead atoms. The Hall–Kier alpha value is -2.04. The van der Waals surface area contributed by atoms with Gasteiger partial charge in [0.1, 0.15) is 13.2 Å². The number of ether oxygens (including phenoxy) is 2. The zero-order valence-corrected chi connectivity index (χ0v) is 12.3. The molecule has 0 fully saturated rings. The number of rotatable bonds is 3. The van der Waals surface area contributed by atoms with Gasteiger partial charge in [-0.25, -0.2) is 5.43 Å². The minimum absolute atomic E-state index is 0.0700. The average Bonchev–Trinajstić information content (AvgIpc) is 2.47. The lowest BCUT2D eigenvalue weighted by atomic mass is 9.96. The fourth-order valence-corrected chi connectivity index (χ4v) is 2.80. The Labute approximate surface area is 124 Å². The second-order valence-electron chi connectivity index (χ2n) is 5.42. The third-order valence-electron chi connectivity index (χ3n) is 3.64. The number of fused-ring (bicyclic) bond motifs is 1. The van der Waals surface area contributed by atoms with Crippen molar-refractivity contribution in [1.29, 1.82) is 0 Å². The molecule has 2 aromatic carbocycles. The van der Waals surface area contributed by atoms with Gasteiger partial charge in [0.05, 0.1) is 6.04 Å². The van der Waals surface area contributed by atoms with Crippen LogP contribution in [0.2, 0.25) is 0 Å². The van der Waals surface area contributed by atoms with Gasteiger partial charge in [0.2, 0.25) is 0 Å². The molecule has 21 heavy (non-hydrogen) atoms. The number of hydrogen-bond acceptors (Lipinski definition) is 4. The lowest BCUT2D eigenvalue weighted by molar-refractivity contribution is 0.171. The standard InChI is InChI=1S/C17H20N2O2/c1-11-7-12(2)9-14(8-11)17(19-18)13-3-4-15-16(10-13)21-6-5-20-15/h3-4,7-10,17,19H,5-6,18H2,1-2H3. The molecule has 1 heterocycles. The van der Waals surface area contributed by atoms with Gasteiger partial charge in [-0.1, -0.05) is 35.4 Å². The molecule has 1 unspecified atom stereocenters. The molecule has 0 aliphatic carbocycles. The molecule has 0 amide bonds. The van der Waals surface area contributed by atoms with Crippen LogP contribution in [-0.4, -0.2) is 13.2 Å². The summed E-state index contributed by atoms with van der Waals surface area (Å²) >= 11 is 0. The van der Waals surface area contributed by atoms with E-state index in [0.717, 1.165) is 22.6 Å². The summed E-state index contributed by atoms with van der Waals surface area (Å²) in [4.78, 5) is 0. The summed E-state index contributed by atoms with van der Waals surface area (Å²) in [6.07, 6.45) is 0. The van der Waals surface area contributed by atoms with Crippen molar-refractivity contribution in [3.05, 3.63) is 58.7 Å². The lowest BCUT2D eigenvalue weighted by Crippen LogP contribution is -2.29. The maximum Gasteiger partial charge on any atom is 0.161 e. The smallest absolute Gasteiger partial charge is 0.161 e. The van der Waals surface area contributed by atoms with Crippen molar-refractivity contribution in [1.82, 2.24) is 5.43 Å². The molecule has 0 saturated carbocycles. The molecule has 0 saturated heterocycles. The van der Waals surface area contributed by atoms with E-state index in [0.29, 0.717) is 13.2 Å². The van der Waals surface area contributed by atoms with Crippen LogP contribution >= 0.6 is 0 Å². The highest BCUT2D eigenvalue weighted by molar-refractivity contribution is 5.47. The van der Waals surface area contributed by atoms with Gasteiger partial charge in [-0.15, -0.1) is 0 Å². The van der Waals surface area contributed by atoms with Gasteiger partial charge in [0.25, 0.3) is 0 Å². The first-order valence-corrected chi connectivity index (χ1v) is 7.11. The van der Waals surface area contributed by atoms with Crippen LogP contribution < -0.4 is 20.7 Å². The Morgan fingerprint density at radius 2 is 1.57 bits per heavy atom. The highest BCUT2D eigenvalue weighted by Gasteiger charge is 2.18. The van der Waals surface area contributed by atoms with E-state index in [4.69, 9.17) is 15.3 Å². The van der Waals surface area contributed by atoms with Crippen LogP contribution in [0.25, 0.3) is 0 Å². The van der Waals surface area contributed by atoms with Crippen molar-refractivity contribution in [3.8, 4) is 11.5 Å². The summed E-state index contributed by atoms with van der Waals surface area (Å²) in [6, 6.07) is 12.3. The molecule has 3 N–H and O–H groups in total. The number of hydrogen-bond donors (Lipinski definition) is 2.